The highest BCUT2D eigenvalue weighted by Gasteiger charge is 2.07. The number of ether oxygens (including phenoxy) is 2. The number of hydrogen-bond donors (Lipinski definition) is 4. The number of nitrogens with zero attached hydrogens (tertiary/aromatic N) is 1. The second-order valence-electron chi connectivity index (χ2n) is 6.56. The van der Waals surface area contributed by atoms with Crippen molar-refractivity contribution < 1.29 is 19.4 Å². The molecule has 0 saturated carbocycles. The van der Waals surface area contributed by atoms with Gasteiger partial charge in [-0.1, -0.05) is 6.07 Å². The minimum absolute atomic E-state index is 0. The summed E-state index contributed by atoms with van der Waals surface area (Å²) in [5.74, 6) is 2.06. The zero-order valence-electron chi connectivity index (χ0n) is 18.1. The van der Waals surface area contributed by atoms with Crippen LogP contribution in [0.15, 0.2) is 53.5 Å². The van der Waals surface area contributed by atoms with E-state index in [-0.39, 0.29) is 41.7 Å². The van der Waals surface area contributed by atoms with E-state index >= 15 is 0 Å². The lowest BCUT2D eigenvalue weighted by atomic mass is 10.2. The number of halogens is 1. The first-order valence-corrected chi connectivity index (χ1v) is 9.92. The van der Waals surface area contributed by atoms with Crippen molar-refractivity contribution in [1.82, 2.24) is 16.0 Å². The number of methoxy groups -OCH3 is 1. The minimum Gasteiger partial charge on any atom is -0.508 e. The molecule has 170 valence electrons. The van der Waals surface area contributed by atoms with Gasteiger partial charge in [0.1, 0.15) is 23.4 Å². The molecule has 9 heteroatoms. The Morgan fingerprint density at radius 3 is 2.42 bits per heavy atom. The monoisotopic (exact) mass is 542 g/mol. The third kappa shape index (κ3) is 9.77. The van der Waals surface area contributed by atoms with Gasteiger partial charge in [-0.15, -0.1) is 24.0 Å². The second kappa shape index (κ2) is 14.3. The van der Waals surface area contributed by atoms with Crippen molar-refractivity contribution >= 4 is 35.8 Å². The van der Waals surface area contributed by atoms with Crippen LogP contribution in [0.3, 0.4) is 0 Å². The first-order valence-electron chi connectivity index (χ1n) is 9.92. The van der Waals surface area contributed by atoms with Crippen molar-refractivity contribution in [2.24, 2.45) is 4.99 Å². The Morgan fingerprint density at radius 2 is 1.74 bits per heavy atom. The average molecular weight is 542 g/mol. The molecule has 0 aliphatic heterocycles. The summed E-state index contributed by atoms with van der Waals surface area (Å²) < 4.78 is 11.1. The molecule has 0 spiro atoms. The molecule has 2 rings (SSSR count). The minimum atomic E-state index is -0.195. The SMILES string of the molecule is CCNC(=NCC(C)Oc1cccc(OC)c1)NCCNC(=O)c1ccc(O)cc1.I. The van der Waals surface area contributed by atoms with Gasteiger partial charge < -0.3 is 30.5 Å². The van der Waals surface area contributed by atoms with Crippen LogP contribution in [0.1, 0.15) is 24.2 Å². The first kappa shape index (κ1) is 26.3. The smallest absolute Gasteiger partial charge is 0.251 e. The van der Waals surface area contributed by atoms with Gasteiger partial charge in [0.05, 0.1) is 13.7 Å². The summed E-state index contributed by atoms with van der Waals surface area (Å²) in [5, 5.41) is 18.5. The summed E-state index contributed by atoms with van der Waals surface area (Å²) in [6, 6.07) is 13.6. The van der Waals surface area contributed by atoms with Crippen LogP contribution >= 0.6 is 24.0 Å². The number of carbonyl (C=O) groups is 1. The molecule has 0 heterocycles. The molecule has 0 bridgehead atoms. The number of hydrogen-bond acceptors (Lipinski definition) is 5. The molecule has 31 heavy (non-hydrogen) atoms. The summed E-state index contributed by atoms with van der Waals surface area (Å²) in [7, 11) is 1.62. The van der Waals surface area contributed by atoms with Gasteiger partial charge in [-0.25, -0.2) is 4.99 Å². The van der Waals surface area contributed by atoms with Gasteiger partial charge in [0, 0.05) is 31.3 Å². The van der Waals surface area contributed by atoms with Gasteiger partial charge in [-0.2, -0.15) is 0 Å². The van der Waals surface area contributed by atoms with Gasteiger partial charge in [-0.05, 0) is 50.2 Å². The van der Waals surface area contributed by atoms with Crippen LogP contribution in [0.2, 0.25) is 0 Å². The van der Waals surface area contributed by atoms with Gasteiger partial charge in [0.2, 0.25) is 0 Å². The second-order valence-corrected chi connectivity index (χ2v) is 6.56. The molecular formula is C22H31IN4O4. The first-order chi connectivity index (χ1) is 14.5. The van der Waals surface area contributed by atoms with Crippen molar-refractivity contribution in [3.05, 3.63) is 54.1 Å². The third-order valence-corrected chi connectivity index (χ3v) is 4.06. The fourth-order valence-corrected chi connectivity index (χ4v) is 2.58. The van der Waals surface area contributed by atoms with Crippen molar-refractivity contribution in [1.29, 1.82) is 0 Å². The Balaban J connectivity index is 0.00000480. The van der Waals surface area contributed by atoms with Crippen LogP contribution < -0.4 is 25.4 Å². The number of benzene rings is 2. The summed E-state index contributed by atoms with van der Waals surface area (Å²) in [6.45, 7) is 6.06. The highest BCUT2D eigenvalue weighted by atomic mass is 127. The summed E-state index contributed by atoms with van der Waals surface area (Å²) in [6.07, 6.45) is -0.123. The number of rotatable bonds is 10. The zero-order chi connectivity index (χ0) is 21.8. The maximum atomic E-state index is 12.1. The molecule has 1 unspecified atom stereocenters. The van der Waals surface area contributed by atoms with E-state index in [1.807, 2.05) is 38.1 Å². The molecule has 8 nitrogen and oxygen atoms in total. The van der Waals surface area contributed by atoms with Crippen LogP contribution in [0.5, 0.6) is 17.2 Å². The molecule has 2 aromatic rings. The van der Waals surface area contributed by atoms with Crippen LogP contribution in [-0.2, 0) is 0 Å². The Labute approximate surface area is 200 Å². The Bertz CT molecular complexity index is 831. The number of guanidine groups is 1. The lowest BCUT2D eigenvalue weighted by Gasteiger charge is -2.16. The number of carbonyl (C=O) groups excluding carboxylic acids is 1. The van der Waals surface area contributed by atoms with Crippen molar-refractivity contribution in [3.8, 4) is 17.2 Å². The molecule has 4 N–H and O–H groups in total. The van der Waals surface area contributed by atoms with Gasteiger partial charge in [0.15, 0.2) is 5.96 Å². The molecule has 0 aromatic heterocycles. The quantitative estimate of drug-likeness (QED) is 0.159. The van der Waals surface area contributed by atoms with E-state index in [9.17, 15) is 9.90 Å². The molecule has 2 aromatic carbocycles. The van der Waals surface area contributed by atoms with Crippen molar-refractivity contribution in [2.75, 3.05) is 33.3 Å². The van der Waals surface area contributed by atoms with Crippen LogP contribution in [0, 0.1) is 0 Å². The number of phenolic OH excluding ortho intramolecular Hbond substituents is 1. The third-order valence-electron chi connectivity index (χ3n) is 4.06. The maximum absolute atomic E-state index is 12.1. The topological polar surface area (TPSA) is 104 Å². The standard InChI is InChI=1S/C22H30N4O4.HI/c1-4-23-22(25-13-12-24-21(28)17-8-10-18(27)11-9-17)26-15-16(2)30-20-7-5-6-19(14-20)29-3;/h5-11,14,16,27H,4,12-13,15H2,1-3H3,(H,24,28)(H2,23,25,26);1H. The number of phenols is 1. The molecule has 1 amide bonds. The van der Waals surface area contributed by atoms with E-state index in [0.29, 0.717) is 31.2 Å². The summed E-state index contributed by atoms with van der Waals surface area (Å²) in [5.41, 5.74) is 0.497. The predicted octanol–water partition coefficient (Wildman–Crippen LogP) is 2.77. The highest BCUT2D eigenvalue weighted by molar-refractivity contribution is 14.0. The molecule has 1 atom stereocenters. The van der Waals surface area contributed by atoms with Crippen molar-refractivity contribution in [2.45, 2.75) is 20.0 Å². The predicted molar refractivity (Wildman–Crippen MR) is 133 cm³/mol. The van der Waals surface area contributed by atoms with Crippen molar-refractivity contribution in [3.63, 3.8) is 0 Å². The Hall–Kier alpha value is -2.69. The zero-order valence-corrected chi connectivity index (χ0v) is 20.4. The summed E-state index contributed by atoms with van der Waals surface area (Å²) >= 11 is 0. The normalized spacial score (nSPS) is 11.6. The molecule has 0 fully saturated rings. The van der Waals surface area contributed by atoms with Gasteiger partial charge in [-0.3, -0.25) is 4.79 Å². The molecular weight excluding hydrogens is 511 g/mol. The van der Waals surface area contributed by atoms with E-state index in [0.717, 1.165) is 18.0 Å². The number of aromatic hydroxyl groups is 1. The van der Waals surface area contributed by atoms with E-state index in [2.05, 4.69) is 20.9 Å². The van der Waals surface area contributed by atoms with E-state index in [1.54, 1.807) is 19.2 Å². The molecule has 0 saturated heterocycles. The molecule has 0 aliphatic carbocycles. The number of aliphatic imine (C=N–C) groups is 1. The largest absolute Gasteiger partial charge is 0.508 e. The average Bonchev–Trinajstić information content (AvgIpc) is 2.75. The lowest BCUT2D eigenvalue weighted by molar-refractivity contribution is 0.0954. The van der Waals surface area contributed by atoms with E-state index in [1.165, 1.54) is 12.1 Å². The van der Waals surface area contributed by atoms with Crippen LogP contribution in [-0.4, -0.2) is 56.4 Å². The van der Waals surface area contributed by atoms with Gasteiger partial charge >= 0.3 is 0 Å². The number of amides is 1. The van der Waals surface area contributed by atoms with E-state index < -0.39 is 0 Å². The Morgan fingerprint density at radius 1 is 1.06 bits per heavy atom. The molecule has 0 radical (unpaired) electrons. The van der Waals surface area contributed by atoms with Crippen LogP contribution in [0.4, 0.5) is 0 Å². The number of nitrogens with one attached hydrogen (secondary N) is 3. The Kier molecular flexibility index (Phi) is 12.2. The van der Waals surface area contributed by atoms with E-state index in [4.69, 9.17) is 9.47 Å². The maximum Gasteiger partial charge on any atom is 0.251 e. The highest BCUT2D eigenvalue weighted by Crippen LogP contribution is 2.19. The van der Waals surface area contributed by atoms with Crippen LogP contribution in [0.25, 0.3) is 0 Å². The van der Waals surface area contributed by atoms with Gasteiger partial charge in [0.25, 0.3) is 5.91 Å². The molecule has 0 aliphatic rings. The lowest BCUT2D eigenvalue weighted by Crippen LogP contribution is -2.42. The summed E-state index contributed by atoms with van der Waals surface area (Å²) in [4.78, 5) is 16.6. The fourth-order valence-electron chi connectivity index (χ4n) is 2.58. The fraction of sp³-hybridized carbons (Fsp3) is 0.364.